The number of thioether (sulfide) groups is 1. The standard InChI is InChI=1S/C17H20N4O2S/c1-10-11(2)18-16-19-17(20-21(16)12(10)3)24-9-13-8-14(22-4)6-7-15(13)23-5/h6-8H,9H2,1-5H3. The van der Waals surface area contributed by atoms with Crippen LogP contribution in [-0.2, 0) is 5.75 Å². The van der Waals surface area contributed by atoms with Gasteiger partial charge in [-0.25, -0.2) is 9.50 Å². The van der Waals surface area contributed by atoms with Crippen molar-refractivity contribution in [3.8, 4) is 11.5 Å². The Morgan fingerprint density at radius 3 is 2.58 bits per heavy atom. The molecule has 1 aromatic carbocycles. The Kier molecular flexibility index (Phi) is 4.62. The Labute approximate surface area is 145 Å². The molecule has 2 heterocycles. The van der Waals surface area contributed by atoms with E-state index in [1.807, 2.05) is 39.0 Å². The highest BCUT2D eigenvalue weighted by Gasteiger charge is 2.12. The van der Waals surface area contributed by atoms with Gasteiger partial charge in [0.25, 0.3) is 5.78 Å². The van der Waals surface area contributed by atoms with Gasteiger partial charge in [0.15, 0.2) is 0 Å². The molecule has 126 valence electrons. The van der Waals surface area contributed by atoms with Gasteiger partial charge < -0.3 is 9.47 Å². The fourth-order valence-electron chi connectivity index (χ4n) is 2.44. The van der Waals surface area contributed by atoms with Crippen LogP contribution in [0.4, 0.5) is 0 Å². The van der Waals surface area contributed by atoms with Gasteiger partial charge in [0.1, 0.15) is 11.5 Å². The maximum atomic E-state index is 5.42. The molecule has 3 rings (SSSR count). The van der Waals surface area contributed by atoms with Crippen LogP contribution in [0.15, 0.2) is 23.4 Å². The minimum atomic E-state index is 0.635. The fourth-order valence-corrected chi connectivity index (χ4v) is 3.23. The summed E-state index contributed by atoms with van der Waals surface area (Å²) in [5.74, 6) is 2.95. The van der Waals surface area contributed by atoms with Crippen molar-refractivity contribution in [2.24, 2.45) is 0 Å². The van der Waals surface area contributed by atoms with Crippen molar-refractivity contribution in [1.29, 1.82) is 0 Å². The first-order valence-electron chi connectivity index (χ1n) is 7.57. The van der Waals surface area contributed by atoms with E-state index in [0.717, 1.165) is 34.0 Å². The van der Waals surface area contributed by atoms with Crippen molar-refractivity contribution in [1.82, 2.24) is 19.6 Å². The van der Waals surface area contributed by atoms with E-state index < -0.39 is 0 Å². The molecular weight excluding hydrogens is 324 g/mol. The highest BCUT2D eigenvalue weighted by Crippen LogP contribution is 2.30. The number of aromatic nitrogens is 4. The third-order valence-electron chi connectivity index (χ3n) is 4.09. The number of nitrogens with zero attached hydrogens (tertiary/aromatic N) is 4. The van der Waals surface area contributed by atoms with E-state index in [4.69, 9.17) is 9.47 Å². The molecule has 0 fully saturated rings. The maximum Gasteiger partial charge on any atom is 0.253 e. The predicted octanol–water partition coefficient (Wildman–Crippen LogP) is 3.36. The molecule has 0 saturated carbocycles. The van der Waals surface area contributed by atoms with E-state index in [0.29, 0.717) is 16.7 Å². The van der Waals surface area contributed by atoms with Crippen LogP contribution in [-0.4, -0.2) is 33.8 Å². The van der Waals surface area contributed by atoms with Gasteiger partial charge >= 0.3 is 0 Å². The lowest BCUT2D eigenvalue weighted by Gasteiger charge is -2.09. The summed E-state index contributed by atoms with van der Waals surface area (Å²) in [4.78, 5) is 9.02. The van der Waals surface area contributed by atoms with Crippen LogP contribution in [0.1, 0.15) is 22.5 Å². The van der Waals surface area contributed by atoms with Crippen LogP contribution in [0.2, 0.25) is 0 Å². The number of methoxy groups -OCH3 is 2. The van der Waals surface area contributed by atoms with Crippen LogP contribution >= 0.6 is 11.8 Å². The monoisotopic (exact) mass is 344 g/mol. The Bertz CT molecular complexity index is 892. The molecule has 3 aromatic rings. The maximum absolute atomic E-state index is 5.42. The lowest BCUT2D eigenvalue weighted by atomic mass is 10.2. The average Bonchev–Trinajstić information content (AvgIpc) is 3.00. The summed E-state index contributed by atoms with van der Waals surface area (Å²) in [6, 6.07) is 5.76. The topological polar surface area (TPSA) is 61.5 Å². The van der Waals surface area contributed by atoms with E-state index in [1.165, 1.54) is 0 Å². The number of benzene rings is 1. The number of rotatable bonds is 5. The largest absolute Gasteiger partial charge is 0.497 e. The lowest BCUT2D eigenvalue weighted by molar-refractivity contribution is 0.400. The van der Waals surface area contributed by atoms with Gasteiger partial charge in [-0.1, -0.05) is 11.8 Å². The second-order valence-corrected chi connectivity index (χ2v) is 6.42. The summed E-state index contributed by atoms with van der Waals surface area (Å²) in [5, 5.41) is 5.26. The van der Waals surface area contributed by atoms with E-state index in [9.17, 15) is 0 Å². The van der Waals surface area contributed by atoms with Crippen molar-refractivity contribution < 1.29 is 9.47 Å². The van der Waals surface area contributed by atoms with E-state index in [1.54, 1.807) is 30.5 Å². The fraction of sp³-hybridized carbons (Fsp3) is 0.353. The molecule has 0 spiro atoms. The van der Waals surface area contributed by atoms with Crippen molar-refractivity contribution >= 4 is 17.5 Å². The van der Waals surface area contributed by atoms with Gasteiger partial charge in [-0.2, -0.15) is 4.98 Å². The van der Waals surface area contributed by atoms with Crippen LogP contribution in [0.3, 0.4) is 0 Å². The van der Waals surface area contributed by atoms with Crippen molar-refractivity contribution in [2.75, 3.05) is 14.2 Å². The smallest absolute Gasteiger partial charge is 0.253 e. The van der Waals surface area contributed by atoms with Gasteiger partial charge in [0.05, 0.1) is 14.2 Å². The molecule has 0 saturated heterocycles. The third-order valence-corrected chi connectivity index (χ3v) is 4.97. The van der Waals surface area contributed by atoms with Crippen molar-refractivity contribution in [3.05, 3.63) is 40.7 Å². The Balaban J connectivity index is 1.87. The first kappa shape index (κ1) is 16.6. The second-order valence-electron chi connectivity index (χ2n) is 5.48. The molecule has 0 N–H and O–H groups in total. The molecule has 0 radical (unpaired) electrons. The molecule has 7 heteroatoms. The predicted molar refractivity (Wildman–Crippen MR) is 94.1 cm³/mol. The Morgan fingerprint density at radius 2 is 1.88 bits per heavy atom. The summed E-state index contributed by atoms with van der Waals surface area (Å²) in [6.07, 6.45) is 0. The minimum absolute atomic E-state index is 0.635. The van der Waals surface area contributed by atoms with Crippen LogP contribution in [0.5, 0.6) is 11.5 Å². The zero-order valence-corrected chi connectivity index (χ0v) is 15.3. The SMILES string of the molecule is COc1ccc(OC)c(CSc2nc3nc(C)c(C)c(C)n3n2)c1. The van der Waals surface area contributed by atoms with Crippen LogP contribution in [0, 0.1) is 20.8 Å². The minimum Gasteiger partial charge on any atom is -0.497 e. The number of aryl methyl sites for hydroxylation is 2. The number of ether oxygens (including phenoxy) is 2. The molecule has 6 nitrogen and oxygen atoms in total. The van der Waals surface area contributed by atoms with Gasteiger partial charge in [0.2, 0.25) is 5.16 Å². The molecule has 0 bridgehead atoms. The van der Waals surface area contributed by atoms with Gasteiger partial charge in [-0.15, -0.1) is 5.10 Å². The molecule has 0 aliphatic heterocycles. The van der Waals surface area contributed by atoms with Gasteiger partial charge in [-0.3, -0.25) is 0 Å². The first-order chi connectivity index (χ1) is 11.5. The van der Waals surface area contributed by atoms with Gasteiger partial charge in [0, 0.05) is 22.7 Å². The molecule has 2 aromatic heterocycles. The Hall–Kier alpha value is -2.28. The summed E-state index contributed by atoms with van der Waals surface area (Å²) >= 11 is 1.55. The van der Waals surface area contributed by atoms with E-state index in [-0.39, 0.29) is 0 Å². The number of hydrogen-bond donors (Lipinski definition) is 0. The highest BCUT2D eigenvalue weighted by atomic mass is 32.2. The second kappa shape index (κ2) is 6.68. The summed E-state index contributed by atoms with van der Waals surface area (Å²) in [7, 11) is 3.32. The first-order valence-corrected chi connectivity index (χ1v) is 8.56. The Morgan fingerprint density at radius 1 is 1.08 bits per heavy atom. The zero-order valence-electron chi connectivity index (χ0n) is 14.5. The normalized spacial score (nSPS) is 11.0. The molecular formula is C17H20N4O2S. The number of fused-ring (bicyclic) bond motifs is 1. The zero-order chi connectivity index (χ0) is 17.3. The summed E-state index contributed by atoms with van der Waals surface area (Å²) < 4.78 is 12.5. The van der Waals surface area contributed by atoms with Crippen LogP contribution in [0.25, 0.3) is 5.78 Å². The molecule has 24 heavy (non-hydrogen) atoms. The molecule has 0 atom stereocenters. The summed E-state index contributed by atoms with van der Waals surface area (Å²) in [6.45, 7) is 6.07. The highest BCUT2D eigenvalue weighted by molar-refractivity contribution is 7.98. The number of hydrogen-bond acceptors (Lipinski definition) is 6. The molecule has 0 amide bonds. The average molecular weight is 344 g/mol. The molecule has 0 unspecified atom stereocenters. The van der Waals surface area contributed by atoms with Crippen LogP contribution < -0.4 is 9.47 Å². The van der Waals surface area contributed by atoms with E-state index >= 15 is 0 Å². The molecule has 0 aliphatic carbocycles. The van der Waals surface area contributed by atoms with Crippen molar-refractivity contribution in [2.45, 2.75) is 31.7 Å². The van der Waals surface area contributed by atoms with Crippen molar-refractivity contribution in [3.63, 3.8) is 0 Å². The lowest BCUT2D eigenvalue weighted by Crippen LogP contribution is -2.02. The quantitative estimate of drug-likeness (QED) is 0.662. The van der Waals surface area contributed by atoms with E-state index in [2.05, 4.69) is 15.1 Å². The third kappa shape index (κ3) is 3.03. The van der Waals surface area contributed by atoms with Gasteiger partial charge in [-0.05, 0) is 44.5 Å². The summed E-state index contributed by atoms with van der Waals surface area (Å²) in [5.41, 5.74) is 4.23. The molecule has 0 aliphatic rings.